The first-order chi connectivity index (χ1) is 7.97. The summed E-state index contributed by atoms with van der Waals surface area (Å²) in [6, 6.07) is 4.77. The van der Waals surface area contributed by atoms with E-state index in [0.717, 1.165) is 0 Å². The smallest absolute Gasteiger partial charge is 0.138 e. The van der Waals surface area contributed by atoms with Crippen molar-refractivity contribution in [1.29, 1.82) is 5.41 Å². The first-order valence-corrected chi connectivity index (χ1v) is 5.40. The molecule has 0 heterocycles. The average Bonchev–Trinajstić information content (AvgIpc) is 2.30. The Morgan fingerprint density at radius 1 is 1.59 bits per heavy atom. The number of halogens is 1. The largest absolute Gasteiger partial charge is 0.395 e. The zero-order valence-corrected chi connectivity index (χ0v) is 10.1. The van der Waals surface area contributed by atoms with Gasteiger partial charge in [-0.1, -0.05) is 12.1 Å². The van der Waals surface area contributed by atoms with Gasteiger partial charge in [-0.3, -0.25) is 10.3 Å². The van der Waals surface area contributed by atoms with Gasteiger partial charge in [-0.25, -0.2) is 4.39 Å². The summed E-state index contributed by atoms with van der Waals surface area (Å²) in [6.45, 7) is 2.24. The van der Waals surface area contributed by atoms with Gasteiger partial charge in [-0.15, -0.1) is 0 Å². The van der Waals surface area contributed by atoms with Crippen LogP contribution >= 0.6 is 0 Å². The Morgan fingerprint density at radius 2 is 2.24 bits per heavy atom. The summed E-state index contributed by atoms with van der Waals surface area (Å²) >= 11 is 0. The van der Waals surface area contributed by atoms with Crippen molar-refractivity contribution in [2.24, 2.45) is 5.73 Å². The number of aliphatic hydroxyl groups is 1. The number of hydrogen-bond donors (Lipinski definition) is 3. The summed E-state index contributed by atoms with van der Waals surface area (Å²) in [5.74, 6) is -0.737. The first-order valence-electron chi connectivity index (χ1n) is 5.40. The number of nitrogens with zero attached hydrogens (tertiary/aromatic N) is 1. The molecular formula is C12H18FN3O. The van der Waals surface area contributed by atoms with E-state index in [9.17, 15) is 4.39 Å². The Kier molecular flexibility index (Phi) is 4.60. The molecular weight excluding hydrogens is 221 g/mol. The van der Waals surface area contributed by atoms with Crippen LogP contribution in [0.3, 0.4) is 0 Å². The second-order valence-corrected chi connectivity index (χ2v) is 4.14. The van der Waals surface area contributed by atoms with Crippen molar-refractivity contribution < 1.29 is 9.50 Å². The van der Waals surface area contributed by atoms with Crippen LogP contribution in [0.1, 0.15) is 18.1 Å². The van der Waals surface area contributed by atoms with E-state index >= 15 is 0 Å². The third-order valence-corrected chi connectivity index (χ3v) is 2.81. The molecule has 1 atom stereocenters. The number of aliphatic hydroxyl groups excluding tert-OH is 1. The van der Waals surface area contributed by atoms with Gasteiger partial charge in [0, 0.05) is 18.2 Å². The van der Waals surface area contributed by atoms with E-state index in [4.69, 9.17) is 16.2 Å². The van der Waals surface area contributed by atoms with Crippen LogP contribution in [0.4, 0.5) is 4.39 Å². The van der Waals surface area contributed by atoms with Gasteiger partial charge in [0.1, 0.15) is 11.7 Å². The molecule has 1 aromatic carbocycles. The van der Waals surface area contributed by atoms with E-state index in [1.807, 2.05) is 11.8 Å². The molecule has 1 rings (SSSR count). The highest BCUT2D eigenvalue weighted by molar-refractivity contribution is 5.95. The number of benzene rings is 1. The minimum atomic E-state index is -0.461. The van der Waals surface area contributed by atoms with Crippen LogP contribution in [0.5, 0.6) is 0 Å². The molecule has 1 aromatic rings. The van der Waals surface area contributed by atoms with E-state index in [1.165, 1.54) is 6.07 Å². The maximum Gasteiger partial charge on any atom is 0.138 e. The Morgan fingerprint density at radius 3 is 2.76 bits per heavy atom. The molecule has 4 N–H and O–H groups in total. The molecule has 0 aromatic heterocycles. The maximum atomic E-state index is 13.9. The molecule has 17 heavy (non-hydrogen) atoms. The van der Waals surface area contributed by atoms with Crippen molar-refractivity contribution in [3.05, 3.63) is 35.1 Å². The van der Waals surface area contributed by atoms with Crippen molar-refractivity contribution in [1.82, 2.24) is 4.90 Å². The molecule has 0 radical (unpaired) electrons. The molecule has 0 saturated carbocycles. The summed E-state index contributed by atoms with van der Waals surface area (Å²) in [5.41, 5.74) is 5.88. The molecule has 94 valence electrons. The van der Waals surface area contributed by atoms with Gasteiger partial charge in [0.15, 0.2) is 0 Å². The molecule has 1 unspecified atom stereocenters. The summed E-state index contributed by atoms with van der Waals surface area (Å²) in [7, 11) is 1.81. The zero-order chi connectivity index (χ0) is 13.0. The molecule has 5 heteroatoms. The van der Waals surface area contributed by atoms with Gasteiger partial charge >= 0.3 is 0 Å². The fourth-order valence-electron chi connectivity index (χ4n) is 1.47. The summed E-state index contributed by atoms with van der Waals surface area (Å²) in [4.78, 5) is 1.84. The van der Waals surface area contributed by atoms with E-state index in [0.29, 0.717) is 12.1 Å². The van der Waals surface area contributed by atoms with Gasteiger partial charge in [0.2, 0.25) is 0 Å². The molecule has 4 nitrogen and oxygen atoms in total. The zero-order valence-electron chi connectivity index (χ0n) is 10.1. The van der Waals surface area contributed by atoms with Gasteiger partial charge in [0.05, 0.1) is 12.2 Å². The number of nitrogen functional groups attached to an aromatic ring is 1. The molecule has 0 saturated heterocycles. The molecule has 0 bridgehead atoms. The van der Waals surface area contributed by atoms with E-state index in [-0.39, 0.29) is 24.0 Å². The molecule has 0 amide bonds. The first kappa shape index (κ1) is 13.6. The molecule has 0 aliphatic heterocycles. The predicted molar refractivity (Wildman–Crippen MR) is 65.4 cm³/mol. The molecule has 0 spiro atoms. The number of amidine groups is 1. The summed E-state index contributed by atoms with van der Waals surface area (Å²) in [6.07, 6.45) is 0. The SMILES string of the molecule is CC(CO)N(C)Cc1cccc(C(=N)N)c1F. The number of nitrogens with one attached hydrogen (secondary N) is 1. The van der Waals surface area contributed by atoms with Gasteiger partial charge in [-0.05, 0) is 20.0 Å². The van der Waals surface area contributed by atoms with Gasteiger partial charge in [-0.2, -0.15) is 0 Å². The van der Waals surface area contributed by atoms with E-state index < -0.39 is 5.82 Å². The van der Waals surface area contributed by atoms with Crippen molar-refractivity contribution in [3.8, 4) is 0 Å². The van der Waals surface area contributed by atoms with Crippen LogP contribution in [-0.4, -0.2) is 35.5 Å². The molecule has 0 aliphatic rings. The fourth-order valence-corrected chi connectivity index (χ4v) is 1.47. The number of rotatable bonds is 5. The average molecular weight is 239 g/mol. The van der Waals surface area contributed by atoms with E-state index in [2.05, 4.69) is 0 Å². The number of likely N-dealkylation sites (N-methyl/N-ethyl adjacent to an activating group) is 1. The quantitative estimate of drug-likeness (QED) is 0.528. The normalized spacial score (nSPS) is 12.8. The molecule has 0 aliphatic carbocycles. The lowest BCUT2D eigenvalue weighted by molar-refractivity contribution is 0.153. The van der Waals surface area contributed by atoms with Crippen LogP contribution in [0.2, 0.25) is 0 Å². The fraction of sp³-hybridized carbons (Fsp3) is 0.417. The summed E-state index contributed by atoms with van der Waals surface area (Å²) in [5, 5.41) is 16.3. The van der Waals surface area contributed by atoms with Crippen LogP contribution in [0, 0.1) is 11.2 Å². The third kappa shape index (κ3) is 3.25. The second-order valence-electron chi connectivity index (χ2n) is 4.14. The van der Waals surface area contributed by atoms with Crippen LogP contribution in [-0.2, 0) is 6.54 Å². The number of nitrogens with two attached hydrogens (primary N) is 1. The lowest BCUT2D eigenvalue weighted by atomic mass is 10.1. The van der Waals surface area contributed by atoms with Crippen molar-refractivity contribution in [3.63, 3.8) is 0 Å². The van der Waals surface area contributed by atoms with Crippen LogP contribution < -0.4 is 5.73 Å². The van der Waals surface area contributed by atoms with Crippen molar-refractivity contribution >= 4 is 5.84 Å². The van der Waals surface area contributed by atoms with E-state index in [1.54, 1.807) is 19.2 Å². The van der Waals surface area contributed by atoms with Crippen LogP contribution in [0.25, 0.3) is 0 Å². The van der Waals surface area contributed by atoms with Gasteiger partial charge in [0.25, 0.3) is 0 Å². The van der Waals surface area contributed by atoms with Gasteiger partial charge < -0.3 is 10.8 Å². The highest BCUT2D eigenvalue weighted by Crippen LogP contribution is 2.15. The predicted octanol–water partition coefficient (Wildman–Crippen LogP) is 0.922. The minimum absolute atomic E-state index is 0.0184. The Balaban J connectivity index is 2.92. The molecule has 0 fully saturated rings. The minimum Gasteiger partial charge on any atom is -0.395 e. The van der Waals surface area contributed by atoms with Crippen LogP contribution in [0.15, 0.2) is 18.2 Å². The highest BCUT2D eigenvalue weighted by atomic mass is 19.1. The topological polar surface area (TPSA) is 73.3 Å². The highest BCUT2D eigenvalue weighted by Gasteiger charge is 2.14. The maximum absolute atomic E-state index is 13.9. The standard InChI is InChI=1S/C12H18FN3O/c1-8(7-17)16(2)6-9-4-3-5-10(11(9)13)12(14)15/h3-5,8,17H,6-7H2,1-2H3,(H3,14,15). The Labute approximate surface area is 100 Å². The second kappa shape index (κ2) is 5.75. The monoisotopic (exact) mass is 239 g/mol. The van der Waals surface area contributed by atoms with Crippen molar-refractivity contribution in [2.75, 3.05) is 13.7 Å². The third-order valence-electron chi connectivity index (χ3n) is 2.81. The lowest BCUT2D eigenvalue weighted by Crippen LogP contribution is -2.32. The summed E-state index contributed by atoms with van der Waals surface area (Å²) < 4.78 is 13.9. The Hall–Kier alpha value is -1.46. The Bertz CT molecular complexity index is 409. The lowest BCUT2D eigenvalue weighted by Gasteiger charge is -2.23. The van der Waals surface area contributed by atoms with Crippen molar-refractivity contribution in [2.45, 2.75) is 19.5 Å². The number of hydrogen-bond acceptors (Lipinski definition) is 3.